The van der Waals surface area contributed by atoms with Crippen LogP contribution in [0.1, 0.15) is 28.5 Å². The first-order valence-corrected chi connectivity index (χ1v) is 6.93. The van der Waals surface area contributed by atoms with Crippen LogP contribution in [0, 0.1) is 0 Å². The topological polar surface area (TPSA) is 57.4 Å². The number of hydrogen-bond acceptors (Lipinski definition) is 5. The second-order valence-electron chi connectivity index (χ2n) is 4.24. The van der Waals surface area contributed by atoms with Crippen LogP contribution in [0.5, 0.6) is 5.75 Å². The van der Waals surface area contributed by atoms with Crippen molar-refractivity contribution in [1.29, 1.82) is 0 Å². The molecule has 4 nitrogen and oxygen atoms in total. The Balaban J connectivity index is 2.06. The fraction of sp³-hybridized carbons (Fsp3) is 0.357. The van der Waals surface area contributed by atoms with E-state index in [0.29, 0.717) is 13.2 Å². The minimum Gasteiger partial charge on any atom is -0.486 e. The number of aromatic nitrogens is 1. The maximum absolute atomic E-state index is 5.94. The molecule has 2 aromatic rings. The summed E-state index contributed by atoms with van der Waals surface area (Å²) in [4.78, 5) is 5.59. The van der Waals surface area contributed by atoms with Gasteiger partial charge in [0, 0.05) is 18.0 Å². The highest BCUT2D eigenvalue weighted by molar-refractivity contribution is 7.11. The molecule has 0 saturated heterocycles. The zero-order chi connectivity index (χ0) is 13.7. The van der Waals surface area contributed by atoms with E-state index in [4.69, 9.17) is 15.2 Å². The number of benzene rings is 1. The average molecular weight is 278 g/mol. The third kappa shape index (κ3) is 3.76. The van der Waals surface area contributed by atoms with Crippen LogP contribution in [0.15, 0.2) is 30.3 Å². The van der Waals surface area contributed by atoms with E-state index in [1.165, 1.54) is 0 Å². The van der Waals surface area contributed by atoms with E-state index in [9.17, 15) is 0 Å². The predicted molar refractivity (Wildman–Crippen MR) is 76.2 cm³/mol. The number of hydrogen-bond donors (Lipinski definition) is 1. The van der Waals surface area contributed by atoms with Gasteiger partial charge < -0.3 is 15.2 Å². The summed E-state index contributed by atoms with van der Waals surface area (Å²) < 4.78 is 10.8. The quantitative estimate of drug-likeness (QED) is 0.882. The van der Waals surface area contributed by atoms with Crippen LogP contribution in [-0.4, -0.2) is 12.1 Å². The van der Waals surface area contributed by atoms with Crippen molar-refractivity contribution in [3.05, 3.63) is 45.9 Å². The number of nitrogens with two attached hydrogens (primary N) is 1. The molecule has 1 aromatic heterocycles. The Bertz CT molecular complexity index is 511. The van der Waals surface area contributed by atoms with Crippen LogP contribution in [0.2, 0.25) is 0 Å². The normalized spacial score (nSPS) is 12.4. The van der Waals surface area contributed by atoms with Crippen LogP contribution >= 0.6 is 11.3 Å². The molecule has 0 aliphatic heterocycles. The number of ether oxygens (including phenoxy) is 2. The third-order valence-corrected chi connectivity index (χ3v) is 3.84. The maximum Gasteiger partial charge on any atom is 0.140 e. The molecule has 19 heavy (non-hydrogen) atoms. The number of methoxy groups -OCH3 is 1. The summed E-state index contributed by atoms with van der Waals surface area (Å²) in [6.45, 7) is 2.89. The highest BCUT2D eigenvalue weighted by Crippen LogP contribution is 2.25. The third-order valence-electron chi connectivity index (χ3n) is 2.57. The van der Waals surface area contributed by atoms with Crippen molar-refractivity contribution in [3.63, 3.8) is 0 Å². The van der Waals surface area contributed by atoms with Gasteiger partial charge in [-0.2, -0.15) is 0 Å². The van der Waals surface area contributed by atoms with Gasteiger partial charge in [-0.15, -0.1) is 11.3 Å². The molecule has 2 N–H and O–H groups in total. The zero-order valence-electron chi connectivity index (χ0n) is 11.1. The summed E-state index contributed by atoms with van der Waals surface area (Å²) in [5.74, 6) is 0.841. The van der Waals surface area contributed by atoms with Crippen molar-refractivity contribution >= 4 is 11.3 Å². The second-order valence-corrected chi connectivity index (χ2v) is 5.36. The van der Waals surface area contributed by atoms with Gasteiger partial charge in [-0.25, -0.2) is 4.98 Å². The van der Waals surface area contributed by atoms with E-state index in [2.05, 4.69) is 4.98 Å². The van der Waals surface area contributed by atoms with E-state index < -0.39 is 0 Å². The highest BCUT2D eigenvalue weighted by Gasteiger charge is 2.14. The molecule has 0 saturated carbocycles. The number of thiazole rings is 1. The molecule has 1 aromatic carbocycles. The van der Waals surface area contributed by atoms with Gasteiger partial charge in [0.2, 0.25) is 0 Å². The lowest BCUT2D eigenvalue weighted by molar-refractivity contribution is 0.180. The molecule has 1 atom stereocenters. The highest BCUT2D eigenvalue weighted by atomic mass is 32.1. The molecule has 0 spiro atoms. The zero-order valence-corrected chi connectivity index (χ0v) is 11.9. The Morgan fingerprint density at radius 3 is 2.63 bits per heavy atom. The van der Waals surface area contributed by atoms with Gasteiger partial charge in [-0.3, -0.25) is 0 Å². The van der Waals surface area contributed by atoms with Crippen molar-refractivity contribution in [3.8, 4) is 5.75 Å². The lowest BCUT2D eigenvalue weighted by Crippen LogP contribution is -2.06. The summed E-state index contributed by atoms with van der Waals surface area (Å²) in [5.41, 5.74) is 6.85. The number of rotatable bonds is 6. The summed E-state index contributed by atoms with van der Waals surface area (Å²) in [6.07, 6.45) is 0. The molecule has 0 bridgehead atoms. The Morgan fingerprint density at radius 2 is 2.00 bits per heavy atom. The van der Waals surface area contributed by atoms with Gasteiger partial charge in [-0.1, -0.05) is 18.2 Å². The van der Waals surface area contributed by atoms with Crippen molar-refractivity contribution in [2.24, 2.45) is 5.73 Å². The van der Waals surface area contributed by atoms with Crippen molar-refractivity contribution < 1.29 is 9.47 Å². The monoisotopic (exact) mass is 278 g/mol. The van der Waals surface area contributed by atoms with Crippen molar-refractivity contribution in [1.82, 2.24) is 4.98 Å². The summed E-state index contributed by atoms with van der Waals surface area (Å²) in [7, 11) is 1.66. The van der Waals surface area contributed by atoms with Gasteiger partial charge in [-0.05, 0) is 19.1 Å². The van der Waals surface area contributed by atoms with Gasteiger partial charge >= 0.3 is 0 Å². The lowest BCUT2D eigenvalue weighted by atomic mass is 10.2. The lowest BCUT2D eigenvalue weighted by Gasteiger charge is -2.03. The molecule has 5 heteroatoms. The molecule has 102 valence electrons. The maximum atomic E-state index is 5.94. The number of para-hydroxylation sites is 1. The van der Waals surface area contributed by atoms with E-state index in [1.54, 1.807) is 18.4 Å². The average Bonchev–Trinajstić information content (AvgIpc) is 2.81. The standard InChI is InChI=1S/C14H18N2O2S/c1-10(15)14-12(8-17-2)16-13(19-14)9-18-11-6-4-3-5-7-11/h3-7,10H,8-9,15H2,1-2H3. The largest absolute Gasteiger partial charge is 0.486 e. The van der Waals surface area contributed by atoms with Crippen molar-refractivity contribution in [2.45, 2.75) is 26.2 Å². The minimum atomic E-state index is -0.0341. The first kappa shape index (κ1) is 14.0. The van der Waals surface area contributed by atoms with Crippen molar-refractivity contribution in [2.75, 3.05) is 7.11 Å². The molecule has 1 unspecified atom stereocenters. The van der Waals surface area contributed by atoms with E-state index in [0.717, 1.165) is 21.3 Å². The van der Waals surface area contributed by atoms with E-state index in [-0.39, 0.29) is 6.04 Å². The Morgan fingerprint density at radius 1 is 1.26 bits per heavy atom. The predicted octanol–water partition coefficient (Wildman–Crippen LogP) is 2.89. The Kier molecular flexibility index (Phi) is 4.90. The first-order chi connectivity index (χ1) is 9.20. The van der Waals surface area contributed by atoms with Gasteiger partial charge in [0.1, 0.15) is 17.4 Å². The molecule has 0 amide bonds. The fourth-order valence-electron chi connectivity index (χ4n) is 1.73. The molecule has 0 radical (unpaired) electrons. The summed E-state index contributed by atoms with van der Waals surface area (Å²) >= 11 is 1.59. The molecule has 1 heterocycles. The second kappa shape index (κ2) is 6.65. The van der Waals surface area contributed by atoms with Crippen LogP contribution in [0.4, 0.5) is 0 Å². The van der Waals surface area contributed by atoms with Crippen LogP contribution in [-0.2, 0) is 18.0 Å². The van der Waals surface area contributed by atoms with Gasteiger partial charge in [0.05, 0.1) is 12.3 Å². The van der Waals surface area contributed by atoms with Crippen LogP contribution < -0.4 is 10.5 Å². The minimum absolute atomic E-state index is 0.0341. The van der Waals surface area contributed by atoms with E-state index >= 15 is 0 Å². The van der Waals surface area contributed by atoms with Gasteiger partial charge in [0.25, 0.3) is 0 Å². The first-order valence-electron chi connectivity index (χ1n) is 6.11. The summed E-state index contributed by atoms with van der Waals surface area (Å²) in [6, 6.07) is 9.67. The fourth-order valence-corrected chi connectivity index (χ4v) is 2.67. The Labute approximate surface area is 117 Å². The van der Waals surface area contributed by atoms with Gasteiger partial charge in [0.15, 0.2) is 0 Å². The molecule has 0 fully saturated rings. The number of nitrogens with zero attached hydrogens (tertiary/aromatic N) is 1. The summed E-state index contributed by atoms with van der Waals surface area (Å²) in [5, 5.41) is 0.920. The molecular weight excluding hydrogens is 260 g/mol. The smallest absolute Gasteiger partial charge is 0.140 e. The van der Waals surface area contributed by atoms with Crippen LogP contribution in [0.3, 0.4) is 0 Å². The Hall–Kier alpha value is -1.43. The molecule has 0 aliphatic rings. The van der Waals surface area contributed by atoms with Crippen LogP contribution in [0.25, 0.3) is 0 Å². The molecule has 0 aliphatic carbocycles. The molecular formula is C14H18N2O2S. The molecule has 2 rings (SSSR count). The SMILES string of the molecule is COCc1nc(COc2ccccc2)sc1C(C)N. The van der Waals surface area contributed by atoms with E-state index in [1.807, 2.05) is 37.3 Å².